The summed E-state index contributed by atoms with van der Waals surface area (Å²) in [5, 5.41) is 10.2. The fourth-order valence-electron chi connectivity index (χ4n) is 1.36. The summed E-state index contributed by atoms with van der Waals surface area (Å²) < 4.78 is 5.09. The van der Waals surface area contributed by atoms with Crippen molar-refractivity contribution < 1.29 is 9.21 Å². The zero-order chi connectivity index (χ0) is 13.0. The lowest BCUT2D eigenvalue weighted by atomic mass is 10.1. The quantitative estimate of drug-likeness (QED) is 0.863. The molecule has 2 aromatic rings. The molecule has 1 heterocycles. The van der Waals surface area contributed by atoms with E-state index < -0.39 is 0 Å². The van der Waals surface area contributed by atoms with Gasteiger partial charge in [0.15, 0.2) is 0 Å². The molecule has 1 N–H and O–H groups in total. The average molecular weight is 266 g/mol. The van der Waals surface area contributed by atoms with E-state index in [1.165, 1.54) is 6.39 Å². The molecule has 0 radical (unpaired) electrons. The van der Waals surface area contributed by atoms with Gasteiger partial charge in [0, 0.05) is 23.0 Å². The molecule has 0 saturated carbocycles. The second-order valence-electron chi connectivity index (χ2n) is 3.87. The van der Waals surface area contributed by atoms with Crippen molar-refractivity contribution in [2.24, 2.45) is 5.92 Å². The van der Waals surface area contributed by atoms with E-state index in [4.69, 9.17) is 16.0 Å². The zero-order valence-corrected chi connectivity index (χ0v) is 10.5. The highest BCUT2D eigenvalue weighted by molar-refractivity contribution is 6.19. The van der Waals surface area contributed by atoms with Crippen molar-refractivity contribution in [1.29, 1.82) is 0 Å². The van der Waals surface area contributed by atoms with Crippen molar-refractivity contribution in [1.82, 2.24) is 10.2 Å². The standard InChI is InChI=1S/C12H12ClN3O2/c1-8(6-13)11(17)15-10-4-2-3-9(5-10)12-16-14-7-18-12/h2-5,7-8H,6H2,1H3,(H,15,17). The number of aromatic nitrogens is 2. The van der Waals surface area contributed by atoms with Crippen LogP contribution >= 0.6 is 11.6 Å². The molecule has 0 spiro atoms. The second kappa shape index (κ2) is 5.64. The number of benzene rings is 1. The lowest BCUT2D eigenvalue weighted by molar-refractivity contribution is -0.118. The maximum atomic E-state index is 11.7. The van der Waals surface area contributed by atoms with Gasteiger partial charge in [0.05, 0.1) is 0 Å². The minimum absolute atomic E-state index is 0.118. The smallest absolute Gasteiger partial charge is 0.247 e. The van der Waals surface area contributed by atoms with Gasteiger partial charge < -0.3 is 9.73 Å². The number of halogens is 1. The van der Waals surface area contributed by atoms with Gasteiger partial charge in [-0.3, -0.25) is 4.79 Å². The predicted octanol–water partition coefficient (Wildman–Crippen LogP) is 2.55. The van der Waals surface area contributed by atoms with E-state index in [9.17, 15) is 4.79 Å². The van der Waals surface area contributed by atoms with Crippen LogP contribution in [0.25, 0.3) is 11.5 Å². The van der Waals surface area contributed by atoms with Crippen LogP contribution in [0.3, 0.4) is 0 Å². The number of amides is 1. The Labute approximate surface area is 109 Å². The summed E-state index contributed by atoms with van der Waals surface area (Å²) in [6.07, 6.45) is 1.26. The highest BCUT2D eigenvalue weighted by Gasteiger charge is 2.12. The van der Waals surface area contributed by atoms with Gasteiger partial charge in [-0.25, -0.2) is 0 Å². The van der Waals surface area contributed by atoms with Crippen LogP contribution in [-0.2, 0) is 4.79 Å². The number of carbonyl (C=O) groups is 1. The summed E-state index contributed by atoms with van der Waals surface area (Å²) in [4.78, 5) is 11.7. The molecule has 1 amide bonds. The third-order valence-corrected chi connectivity index (χ3v) is 2.88. The number of hydrogen-bond acceptors (Lipinski definition) is 4. The Kier molecular flexibility index (Phi) is 3.94. The van der Waals surface area contributed by atoms with Crippen LogP contribution in [0.2, 0.25) is 0 Å². The van der Waals surface area contributed by atoms with E-state index in [0.29, 0.717) is 11.6 Å². The first kappa shape index (κ1) is 12.6. The SMILES string of the molecule is CC(CCl)C(=O)Nc1cccc(-c2nnco2)c1. The maximum absolute atomic E-state index is 11.7. The van der Waals surface area contributed by atoms with Crippen LogP contribution in [-0.4, -0.2) is 22.0 Å². The van der Waals surface area contributed by atoms with Gasteiger partial charge in [0.25, 0.3) is 0 Å². The van der Waals surface area contributed by atoms with Crippen LogP contribution < -0.4 is 5.32 Å². The van der Waals surface area contributed by atoms with Crippen LogP contribution in [0, 0.1) is 5.92 Å². The molecule has 18 heavy (non-hydrogen) atoms. The third kappa shape index (κ3) is 2.87. The van der Waals surface area contributed by atoms with E-state index in [1.807, 2.05) is 6.07 Å². The van der Waals surface area contributed by atoms with Gasteiger partial charge in [-0.1, -0.05) is 13.0 Å². The molecule has 6 heteroatoms. The number of rotatable bonds is 4. The van der Waals surface area contributed by atoms with Crippen LogP contribution in [0.15, 0.2) is 35.1 Å². The molecule has 1 aromatic heterocycles. The summed E-state index contributed by atoms with van der Waals surface area (Å²) in [6.45, 7) is 1.77. The van der Waals surface area contributed by atoms with Crippen molar-refractivity contribution >= 4 is 23.2 Å². The highest BCUT2D eigenvalue weighted by Crippen LogP contribution is 2.20. The van der Waals surface area contributed by atoms with Gasteiger partial charge in [-0.2, -0.15) is 0 Å². The Morgan fingerprint density at radius 3 is 3.06 bits per heavy atom. The Bertz CT molecular complexity index is 528. The molecule has 0 fully saturated rings. The van der Waals surface area contributed by atoms with Crippen LogP contribution in [0.4, 0.5) is 5.69 Å². The van der Waals surface area contributed by atoms with Crippen molar-refractivity contribution in [2.45, 2.75) is 6.92 Å². The Morgan fingerprint density at radius 1 is 1.56 bits per heavy atom. The molecule has 0 aliphatic heterocycles. The third-order valence-electron chi connectivity index (χ3n) is 2.42. The second-order valence-corrected chi connectivity index (χ2v) is 4.18. The summed E-state index contributed by atoms with van der Waals surface area (Å²) in [5.41, 5.74) is 1.43. The van der Waals surface area contributed by atoms with E-state index in [0.717, 1.165) is 5.56 Å². The largest absolute Gasteiger partial charge is 0.423 e. The predicted molar refractivity (Wildman–Crippen MR) is 68.2 cm³/mol. The molecule has 94 valence electrons. The Balaban J connectivity index is 2.16. The topological polar surface area (TPSA) is 68.0 Å². The maximum Gasteiger partial charge on any atom is 0.247 e. The Hall–Kier alpha value is -1.88. The molecule has 1 atom stereocenters. The molecule has 0 bridgehead atoms. The average Bonchev–Trinajstić information content (AvgIpc) is 2.92. The molecule has 1 unspecified atom stereocenters. The molecule has 0 saturated heterocycles. The molecular formula is C12H12ClN3O2. The van der Waals surface area contributed by atoms with Gasteiger partial charge in [-0.05, 0) is 18.2 Å². The Morgan fingerprint density at radius 2 is 2.39 bits per heavy atom. The molecule has 0 aliphatic rings. The summed E-state index contributed by atoms with van der Waals surface area (Å²) in [6, 6.07) is 7.19. The van der Waals surface area contributed by atoms with E-state index in [2.05, 4.69) is 15.5 Å². The molecule has 2 rings (SSSR count). The fourth-order valence-corrected chi connectivity index (χ4v) is 1.50. The number of anilines is 1. The summed E-state index contributed by atoms with van der Waals surface area (Å²) in [7, 11) is 0. The lowest BCUT2D eigenvalue weighted by Crippen LogP contribution is -2.21. The first-order chi connectivity index (χ1) is 8.70. The van der Waals surface area contributed by atoms with Gasteiger partial charge in [0.1, 0.15) is 0 Å². The molecular weight excluding hydrogens is 254 g/mol. The lowest BCUT2D eigenvalue weighted by Gasteiger charge is -2.09. The summed E-state index contributed by atoms with van der Waals surface area (Å²) in [5.74, 6) is 0.345. The first-order valence-corrected chi connectivity index (χ1v) is 5.97. The zero-order valence-electron chi connectivity index (χ0n) is 9.76. The van der Waals surface area contributed by atoms with E-state index in [-0.39, 0.29) is 17.7 Å². The molecule has 1 aromatic carbocycles. The van der Waals surface area contributed by atoms with Crippen molar-refractivity contribution in [3.05, 3.63) is 30.7 Å². The number of nitrogens with one attached hydrogen (secondary N) is 1. The monoisotopic (exact) mass is 265 g/mol. The van der Waals surface area contributed by atoms with Gasteiger partial charge in [-0.15, -0.1) is 21.8 Å². The minimum atomic E-state index is -0.237. The van der Waals surface area contributed by atoms with Crippen LogP contribution in [0.1, 0.15) is 6.92 Å². The van der Waals surface area contributed by atoms with Gasteiger partial charge >= 0.3 is 0 Å². The number of carbonyl (C=O) groups excluding carboxylic acids is 1. The fraction of sp³-hybridized carbons (Fsp3) is 0.250. The number of nitrogens with zero attached hydrogens (tertiary/aromatic N) is 2. The summed E-state index contributed by atoms with van der Waals surface area (Å²) >= 11 is 5.63. The van der Waals surface area contributed by atoms with Crippen LogP contribution in [0.5, 0.6) is 0 Å². The van der Waals surface area contributed by atoms with Crippen molar-refractivity contribution in [3.63, 3.8) is 0 Å². The first-order valence-electron chi connectivity index (χ1n) is 5.44. The minimum Gasteiger partial charge on any atom is -0.423 e. The van der Waals surface area contributed by atoms with Crippen molar-refractivity contribution in [3.8, 4) is 11.5 Å². The van der Waals surface area contributed by atoms with Crippen molar-refractivity contribution in [2.75, 3.05) is 11.2 Å². The molecule has 0 aliphatic carbocycles. The number of alkyl halides is 1. The van der Waals surface area contributed by atoms with Gasteiger partial charge in [0.2, 0.25) is 18.2 Å². The van der Waals surface area contributed by atoms with E-state index >= 15 is 0 Å². The van der Waals surface area contributed by atoms with E-state index in [1.54, 1.807) is 25.1 Å². The highest BCUT2D eigenvalue weighted by atomic mass is 35.5. The normalized spacial score (nSPS) is 12.1. The molecule has 5 nitrogen and oxygen atoms in total. The number of hydrogen-bond donors (Lipinski definition) is 1.